The van der Waals surface area contributed by atoms with Crippen molar-refractivity contribution in [2.45, 2.75) is 33.8 Å². The van der Waals surface area contributed by atoms with Crippen molar-refractivity contribution in [2.75, 3.05) is 0 Å². The van der Waals surface area contributed by atoms with Crippen LogP contribution in [0.4, 0.5) is 0 Å². The van der Waals surface area contributed by atoms with E-state index in [1.165, 1.54) is 0 Å². The molecule has 90 valence electrons. The van der Waals surface area contributed by atoms with Gasteiger partial charge in [-0.25, -0.2) is 0 Å². The molecular weight excluding hydrogens is 216 g/mol. The van der Waals surface area contributed by atoms with Gasteiger partial charge in [-0.05, 0) is 42.5 Å². The number of aryl methyl sites for hydroxylation is 1. The summed E-state index contributed by atoms with van der Waals surface area (Å²) in [6.07, 6.45) is 0.824. The van der Waals surface area contributed by atoms with Crippen molar-refractivity contribution >= 4 is 12.3 Å². The highest BCUT2D eigenvalue weighted by molar-refractivity contribution is 6.03. The normalized spacial score (nSPS) is 18.1. The maximum Gasteiger partial charge on any atom is 0.293 e. The largest absolute Gasteiger partial charge is 0.463 e. The first-order valence-corrected chi connectivity index (χ1v) is 5.77. The molecule has 1 atom stereocenters. The second-order valence-corrected chi connectivity index (χ2v) is 4.71. The van der Waals surface area contributed by atoms with Crippen LogP contribution in [-0.2, 0) is 22.6 Å². The summed E-state index contributed by atoms with van der Waals surface area (Å²) in [6, 6.07) is 2.05. The fraction of sp³-hybridized carbons (Fsp3) is 0.429. The second-order valence-electron chi connectivity index (χ2n) is 4.71. The highest BCUT2D eigenvalue weighted by Gasteiger charge is 2.30. The molecule has 1 aromatic carbocycles. The zero-order valence-electron chi connectivity index (χ0n) is 10.4. The number of ether oxygens (including phenoxy) is 1. The Morgan fingerprint density at radius 3 is 2.82 bits per heavy atom. The summed E-state index contributed by atoms with van der Waals surface area (Å²) in [7, 11) is 0. The highest BCUT2D eigenvalue weighted by atomic mass is 16.5. The molecule has 0 radical (unpaired) electrons. The van der Waals surface area contributed by atoms with Crippen molar-refractivity contribution < 1.29 is 14.3 Å². The number of fused-ring (bicyclic) bond motifs is 1. The van der Waals surface area contributed by atoms with E-state index in [1.54, 1.807) is 0 Å². The maximum absolute atomic E-state index is 12.0. The van der Waals surface area contributed by atoms with Gasteiger partial charge < -0.3 is 4.74 Å². The molecule has 0 saturated heterocycles. The van der Waals surface area contributed by atoms with Gasteiger partial charge in [-0.2, -0.15) is 0 Å². The Morgan fingerprint density at radius 1 is 1.47 bits per heavy atom. The third kappa shape index (κ3) is 1.86. The summed E-state index contributed by atoms with van der Waals surface area (Å²) in [5.74, 6) is 0.287. The molecule has 1 aliphatic carbocycles. The molecule has 0 unspecified atom stereocenters. The lowest BCUT2D eigenvalue weighted by Gasteiger charge is -2.13. The summed E-state index contributed by atoms with van der Waals surface area (Å²) < 4.78 is 4.81. The molecule has 0 bridgehead atoms. The Labute approximate surface area is 101 Å². The fourth-order valence-electron chi connectivity index (χ4n) is 2.62. The lowest BCUT2D eigenvalue weighted by molar-refractivity contribution is -0.129. The predicted molar refractivity (Wildman–Crippen MR) is 64.0 cm³/mol. The molecule has 2 rings (SSSR count). The molecule has 0 fully saturated rings. The van der Waals surface area contributed by atoms with E-state index in [2.05, 4.69) is 0 Å². The molecule has 1 aliphatic rings. The van der Waals surface area contributed by atoms with Gasteiger partial charge in [-0.1, -0.05) is 13.0 Å². The van der Waals surface area contributed by atoms with Gasteiger partial charge in [0.1, 0.15) is 6.61 Å². The number of carbonyl (C=O) groups excluding carboxylic acids is 2. The maximum atomic E-state index is 12.0. The monoisotopic (exact) mass is 232 g/mol. The zero-order valence-corrected chi connectivity index (χ0v) is 10.4. The van der Waals surface area contributed by atoms with Gasteiger partial charge in [-0.15, -0.1) is 0 Å². The third-order valence-electron chi connectivity index (χ3n) is 3.53. The average Bonchev–Trinajstić information content (AvgIpc) is 2.54. The van der Waals surface area contributed by atoms with Crippen molar-refractivity contribution in [1.29, 1.82) is 0 Å². The van der Waals surface area contributed by atoms with Gasteiger partial charge in [0.2, 0.25) is 0 Å². The second kappa shape index (κ2) is 4.32. The number of carbonyl (C=O) groups is 2. The summed E-state index contributed by atoms with van der Waals surface area (Å²) >= 11 is 0. The molecule has 1 aromatic rings. The number of benzene rings is 1. The van der Waals surface area contributed by atoms with E-state index in [0.29, 0.717) is 6.47 Å². The van der Waals surface area contributed by atoms with Crippen molar-refractivity contribution in [1.82, 2.24) is 0 Å². The average molecular weight is 232 g/mol. The van der Waals surface area contributed by atoms with Crippen molar-refractivity contribution in [2.24, 2.45) is 5.92 Å². The van der Waals surface area contributed by atoms with Gasteiger partial charge in [0.05, 0.1) is 0 Å². The van der Waals surface area contributed by atoms with Crippen LogP contribution >= 0.6 is 0 Å². The van der Waals surface area contributed by atoms with E-state index >= 15 is 0 Å². The molecule has 3 heteroatoms. The lowest BCUT2D eigenvalue weighted by atomic mass is 9.94. The van der Waals surface area contributed by atoms with Gasteiger partial charge in [0, 0.05) is 11.5 Å². The number of Topliss-reactive ketones (excluding diaryl/α,β-unsaturated/α-hetero) is 1. The SMILES string of the molecule is Cc1cc2c(c(C)c1COC=O)C(=O)[C@H](C)C2. The van der Waals surface area contributed by atoms with Gasteiger partial charge >= 0.3 is 0 Å². The zero-order chi connectivity index (χ0) is 12.6. The first-order valence-electron chi connectivity index (χ1n) is 5.77. The molecule has 17 heavy (non-hydrogen) atoms. The summed E-state index contributed by atoms with van der Waals surface area (Å²) in [4.78, 5) is 22.3. The Morgan fingerprint density at radius 2 is 2.18 bits per heavy atom. The summed E-state index contributed by atoms with van der Waals surface area (Å²) in [5, 5.41) is 0. The quantitative estimate of drug-likeness (QED) is 0.751. The van der Waals surface area contributed by atoms with Gasteiger partial charge in [0.25, 0.3) is 6.47 Å². The Kier molecular flexibility index (Phi) is 3.01. The third-order valence-corrected chi connectivity index (χ3v) is 3.53. The smallest absolute Gasteiger partial charge is 0.293 e. The molecule has 3 nitrogen and oxygen atoms in total. The molecule has 0 N–H and O–H groups in total. The van der Waals surface area contributed by atoms with Crippen LogP contribution in [0, 0.1) is 19.8 Å². The van der Waals surface area contributed by atoms with E-state index in [9.17, 15) is 9.59 Å². The van der Waals surface area contributed by atoms with Crippen LogP contribution in [0.1, 0.15) is 39.5 Å². The van der Waals surface area contributed by atoms with Crippen LogP contribution in [0.25, 0.3) is 0 Å². The predicted octanol–water partition coefficient (Wildman–Crippen LogP) is 2.35. The molecule has 0 heterocycles. The first-order chi connectivity index (χ1) is 8.06. The van der Waals surface area contributed by atoms with E-state index < -0.39 is 0 Å². The van der Waals surface area contributed by atoms with E-state index in [4.69, 9.17) is 4.74 Å². The van der Waals surface area contributed by atoms with Crippen molar-refractivity contribution in [3.8, 4) is 0 Å². The Bertz CT molecular complexity index is 489. The standard InChI is InChI=1S/C14H16O3/c1-8-4-11-5-9(2)14(16)13(11)10(3)12(8)6-17-7-15/h4,7,9H,5-6H2,1-3H3/t9-/m1/s1. The molecule has 0 aliphatic heterocycles. The van der Waals surface area contributed by atoms with Crippen LogP contribution in [0.2, 0.25) is 0 Å². The molecule has 0 amide bonds. The van der Waals surface area contributed by atoms with Crippen LogP contribution in [0.15, 0.2) is 6.07 Å². The first kappa shape index (κ1) is 11.8. The van der Waals surface area contributed by atoms with Crippen LogP contribution in [0.3, 0.4) is 0 Å². The van der Waals surface area contributed by atoms with E-state index in [1.807, 2.05) is 26.8 Å². The van der Waals surface area contributed by atoms with Gasteiger partial charge in [-0.3, -0.25) is 9.59 Å². The Balaban J connectivity index is 2.51. The molecule has 0 saturated carbocycles. The van der Waals surface area contributed by atoms with Crippen LogP contribution < -0.4 is 0 Å². The number of hydrogen-bond donors (Lipinski definition) is 0. The minimum atomic E-state index is 0.0744. The Hall–Kier alpha value is -1.64. The number of ketones is 1. The molecular formula is C14H16O3. The van der Waals surface area contributed by atoms with Crippen LogP contribution in [0.5, 0.6) is 0 Å². The topological polar surface area (TPSA) is 43.4 Å². The highest BCUT2D eigenvalue weighted by Crippen LogP contribution is 2.32. The minimum Gasteiger partial charge on any atom is -0.463 e. The fourth-order valence-corrected chi connectivity index (χ4v) is 2.62. The summed E-state index contributed by atoms with van der Waals surface area (Å²) in [5.41, 5.74) is 4.99. The van der Waals surface area contributed by atoms with Crippen molar-refractivity contribution in [3.05, 3.63) is 33.9 Å². The van der Waals surface area contributed by atoms with Crippen LogP contribution in [-0.4, -0.2) is 12.3 Å². The summed E-state index contributed by atoms with van der Waals surface area (Å²) in [6.45, 7) is 6.57. The van der Waals surface area contributed by atoms with Crippen molar-refractivity contribution in [3.63, 3.8) is 0 Å². The van der Waals surface area contributed by atoms with Gasteiger partial charge in [0.15, 0.2) is 5.78 Å². The lowest BCUT2D eigenvalue weighted by Crippen LogP contribution is -2.07. The van der Waals surface area contributed by atoms with E-state index in [0.717, 1.165) is 34.2 Å². The van der Waals surface area contributed by atoms with E-state index in [-0.39, 0.29) is 18.3 Å². The number of rotatable bonds is 3. The molecule has 0 spiro atoms. The molecule has 0 aromatic heterocycles. The minimum absolute atomic E-state index is 0.0744. The number of hydrogen-bond acceptors (Lipinski definition) is 3.